The number of rotatable bonds is 1. The van der Waals surface area contributed by atoms with Crippen LogP contribution in [0.5, 0.6) is 0 Å². The molecule has 1 aromatic heterocycles. The monoisotopic (exact) mass is 198 g/mol. The third-order valence-electron chi connectivity index (χ3n) is 2.84. The molecule has 1 heterocycles. The summed E-state index contributed by atoms with van der Waals surface area (Å²) >= 11 is 6.08. The Labute approximate surface area is 83.9 Å². The second kappa shape index (κ2) is 3.33. The molecule has 0 aromatic carbocycles. The van der Waals surface area contributed by atoms with E-state index in [1.54, 1.807) is 0 Å². The highest BCUT2D eigenvalue weighted by molar-refractivity contribution is 6.30. The molecule has 2 rings (SSSR count). The summed E-state index contributed by atoms with van der Waals surface area (Å²) in [6, 6.07) is 0. The molecular formula is C10H15ClN2. The fraction of sp³-hybridized carbons (Fsp3) is 0.700. The third-order valence-corrected chi connectivity index (χ3v) is 3.15. The first-order chi connectivity index (χ1) is 6.22. The maximum Gasteiger partial charge on any atom is 0.154 e. The number of halogens is 1. The van der Waals surface area contributed by atoms with Crippen molar-refractivity contribution in [1.82, 2.24) is 9.78 Å². The predicted molar refractivity (Wildman–Crippen MR) is 54.1 cm³/mol. The van der Waals surface area contributed by atoms with Crippen LogP contribution in [0.15, 0.2) is 0 Å². The van der Waals surface area contributed by atoms with E-state index in [1.165, 1.54) is 17.7 Å². The number of aromatic nitrogens is 2. The zero-order valence-corrected chi connectivity index (χ0v) is 8.93. The van der Waals surface area contributed by atoms with E-state index in [9.17, 15) is 0 Å². The van der Waals surface area contributed by atoms with E-state index in [2.05, 4.69) is 18.9 Å². The Morgan fingerprint density at radius 3 is 3.08 bits per heavy atom. The number of fused-ring (bicyclic) bond motifs is 1. The molecule has 2 nitrogen and oxygen atoms in total. The second-order valence-electron chi connectivity index (χ2n) is 3.88. The van der Waals surface area contributed by atoms with E-state index in [0.29, 0.717) is 0 Å². The van der Waals surface area contributed by atoms with Crippen LogP contribution < -0.4 is 0 Å². The van der Waals surface area contributed by atoms with Gasteiger partial charge < -0.3 is 0 Å². The Morgan fingerprint density at radius 1 is 1.62 bits per heavy atom. The summed E-state index contributed by atoms with van der Waals surface area (Å²) in [5.41, 5.74) is 2.66. The summed E-state index contributed by atoms with van der Waals surface area (Å²) in [5, 5.41) is 5.05. The van der Waals surface area contributed by atoms with Gasteiger partial charge >= 0.3 is 0 Å². The van der Waals surface area contributed by atoms with Crippen molar-refractivity contribution in [1.29, 1.82) is 0 Å². The molecule has 0 N–H and O–H groups in total. The highest BCUT2D eigenvalue weighted by Gasteiger charge is 2.22. The van der Waals surface area contributed by atoms with E-state index < -0.39 is 0 Å². The summed E-state index contributed by atoms with van der Waals surface area (Å²) in [6.07, 6.45) is 3.52. The molecule has 0 amide bonds. The van der Waals surface area contributed by atoms with Crippen LogP contribution >= 0.6 is 11.6 Å². The Bertz CT molecular complexity index is 317. The minimum Gasteiger partial charge on any atom is -0.268 e. The molecule has 13 heavy (non-hydrogen) atoms. The molecule has 1 aliphatic rings. The van der Waals surface area contributed by atoms with Gasteiger partial charge in [0.15, 0.2) is 5.15 Å². The van der Waals surface area contributed by atoms with Gasteiger partial charge in [0.2, 0.25) is 0 Å². The van der Waals surface area contributed by atoms with E-state index >= 15 is 0 Å². The van der Waals surface area contributed by atoms with E-state index in [1.807, 2.05) is 4.68 Å². The van der Waals surface area contributed by atoms with Crippen molar-refractivity contribution < 1.29 is 0 Å². The van der Waals surface area contributed by atoms with Crippen LogP contribution in [0, 0.1) is 5.92 Å². The maximum absolute atomic E-state index is 6.08. The summed E-state index contributed by atoms with van der Waals surface area (Å²) < 4.78 is 2.05. The Morgan fingerprint density at radius 2 is 2.38 bits per heavy atom. The Balaban J connectivity index is 2.42. The quantitative estimate of drug-likeness (QED) is 0.679. The van der Waals surface area contributed by atoms with Gasteiger partial charge in [-0.1, -0.05) is 18.5 Å². The number of hydrogen-bond donors (Lipinski definition) is 0. The summed E-state index contributed by atoms with van der Waals surface area (Å²) in [4.78, 5) is 0. The van der Waals surface area contributed by atoms with Crippen molar-refractivity contribution in [3.8, 4) is 0 Å². The molecule has 0 saturated carbocycles. The first kappa shape index (κ1) is 9.07. The fourth-order valence-corrected chi connectivity index (χ4v) is 2.36. The Kier molecular flexibility index (Phi) is 2.33. The van der Waals surface area contributed by atoms with Gasteiger partial charge in [0.05, 0.1) is 0 Å². The molecule has 0 fully saturated rings. The molecule has 3 heteroatoms. The van der Waals surface area contributed by atoms with Gasteiger partial charge in [-0.25, -0.2) is 0 Å². The lowest BCUT2D eigenvalue weighted by Crippen LogP contribution is -2.13. The molecule has 0 aliphatic heterocycles. The molecule has 0 bridgehead atoms. The number of nitrogens with zero attached hydrogens (tertiary/aromatic N) is 2. The van der Waals surface area contributed by atoms with Crippen molar-refractivity contribution in [2.24, 2.45) is 5.92 Å². The predicted octanol–water partition coefficient (Wildman–Crippen LogP) is 2.68. The average molecular weight is 199 g/mol. The van der Waals surface area contributed by atoms with Gasteiger partial charge in [-0.15, -0.1) is 0 Å². The topological polar surface area (TPSA) is 17.8 Å². The zero-order valence-electron chi connectivity index (χ0n) is 8.18. The summed E-state index contributed by atoms with van der Waals surface area (Å²) in [5.74, 6) is 0.763. The normalized spacial score (nSPS) is 21.6. The van der Waals surface area contributed by atoms with Crippen LogP contribution in [0.3, 0.4) is 0 Å². The summed E-state index contributed by atoms with van der Waals surface area (Å²) in [7, 11) is 0. The van der Waals surface area contributed by atoms with Gasteiger partial charge in [0.1, 0.15) is 0 Å². The second-order valence-corrected chi connectivity index (χ2v) is 4.24. The lowest BCUT2D eigenvalue weighted by Gasteiger charge is -2.18. The van der Waals surface area contributed by atoms with Crippen LogP contribution in [0.2, 0.25) is 5.15 Å². The van der Waals surface area contributed by atoms with Crippen molar-refractivity contribution >= 4 is 11.6 Å². The van der Waals surface area contributed by atoms with E-state index in [0.717, 1.165) is 30.5 Å². The molecule has 0 spiro atoms. The lowest BCUT2D eigenvalue weighted by atomic mass is 9.89. The summed E-state index contributed by atoms with van der Waals surface area (Å²) in [6.45, 7) is 5.33. The largest absolute Gasteiger partial charge is 0.268 e. The van der Waals surface area contributed by atoms with Gasteiger partial charge in [-0.05, 0) is 32.1 Å². The highest BCUT2D eigenvalue weighted by Crippen LogP contribution is 2.30. The van der Waals surface area contributed by atoms with Gasteiger partial charge in [-0.2, -0.15) is 5.10 Å². The minimum absolute atomic E-state index is 0.725. The lowest BCUT2D eigenvalue weighted by molar-refractivity contribution is 0.479. The molecule has 1 aromatic rings. The molecule has 72 valence electrons. The first-order valence-electron chi connectivity index (χ1n) is 4.96. The van der Waals surface area contributed by atoms with Crippen LogP contribution in [-0.4, -0.2) is 9.78 Å². The molecule has 0 radical (unpaired) electrons. The number of aryl methyl sites for hydroxylation is 1. The smallest absolute Gasteiger partial charge is 0.154 e. The van der Waals surface area contributed by atoms with Gasteiger partial charge in [0, 0.05) is 17.8 Å². The average Bonchev–Trinajstić information content (AvgIpc) is 2.43. The molecule has 1 atom stereocenters. The zero-order chi connectivity index (χ0) is 9.42. The van der Waals surface area contributed by atoms with Crippen LogP contribution in [0.25, 0.3) is 0 Å². The Hall–Kier alpha value is -0.500. The van der Waals surface area contributed by atoms with Gasteiger partial charge in [-0.3, -0.25) is 4.68 Å². The van der Waals surface area contributed by atoms with E-state index in [-0.39, 0.29) is 0 Å². The standard InChI is InChI=1S/C10H15ClN2/c1-3-13-9-5-4-7(2)6-8(9)10(11)12-13/h7H,3-6H2,1-2H3. The highest BCUT2D eigenvalue weighted by atomic mass is 35.5. The molecule has 1 unspecified atom stereocenters. The molecule has 0 saturated heterocycles. The third kappa shape index (κ3) is 1.48. The van der Waals surface area contributed by atoms with E-state index in [4.69, 9.17) is 11.6 Å². The van der Waals surface area contributed by atoms with Crippen molar-refractivity contribution in [2.45, 2.75) is 39.7 Å². The van der Waals surface area contributed by atoms with Gasteiger partial charge in [0.25, 0.3) is 0 Å². The molecule has 1 aliphatic carbocycles. The van der Waals surface area contributed by atoms with Crippen molar-refractivity contribution in [3.05, 3.63) is 16.4 Å². The fourth-order valence-electron chi connectivity index (χ4n) is 2.08. The van der Waals surface area contributed by atoms with Crippen LogP contribution in [-0.2, 0) is 19.4 Å². The molecular weight excluding hydrogens is 184 g/mol. The first-order valence-corrected chi connectivity index (χ1v) is 5.34. The van der Waals surface area contributed by atoms with Crippen LogP contribution in [0.1, 0.15) is 31.5 Å². The van der Waals surface area contributed by atoms with Crippen molar-refractivity contribution in [3.63, 3.8) is 0 Å². The number of hydrogen-bond acceptors (Lipinski definition) is 1. The minimum atomic E-state index is 0.725. The van der Waals surface area contributed by atoms with Crippen molar-refractivity contribution in [2.75, 3.05) is 0 Å². The maximum atomic E-state index is 6.08. The SMILES string of the molecule is CCn1nc(Cl)c2c1CCC(C)C2. The van der Waals surface area contributed by atoms with Crippen LogP contribution in [0.4, 0.5) is 0 Å².